The van der Waals surface area contributed by atoms with Crippen LogP contribution in [0.3, 0.4) is 0 Å². The third-order valence-corrected chi connectivity index (χ3v) is 7.95. The predicted octanol–water partition coefficient (Wildman–Crippen LogP) is 2.47. The summed E-state index contributed by atoms with van der Waals surface area (Å²) in [7, 11) is 0.762. The van der Waals surface area contributed by atoms with E-state index in [1.165, 1.54) is 42.8 Å². The van der Waals surface area contributed by atoms with Crippen LogP contribution in [0.1, 0.15) is 13.3 Å². The number of methoxy groups -OCH3 is 2. The number of piperazine rings is 1. The van der Waals surface area contributed by atoms with Crippen molar-refractivity contribution < 1.29 is 27.0 Å². The summed E-state index contributed by atoms with van der Waals surface area (Å²) < 4.78 is 59.5. The fraction of sp³-hybridized carbons (Fsp3) is 0.417. The second-order valence-corrected chi connectivity index (χ2v) is 10.4. The molecule has 1 fully saturated rings. The van der Waals surface area contributed by atoms with Gasteiger partial charge < -0.3 is 24.1 Å². The normalized spacial score (nSPS) is 15.2. The van der Waals surface area contributed by atoms with E-state index in [4.69, 9.17) is 14.2 Å². The van der Waals surface area contributed by atoms with Crippen molar-refractivity contribution in [3.05, 3.63) is 40.4 Å². The Balaban J connectivity index is 1.90. The Bertz CT molecular complexity index is 1430. The Morgan fingerprint density at radius 3 is 2.39 bits per heavy atom. The van der Waals surface area contributed by atoms with Gasteiger partial charge in [0, 0.05) is 32.2 Å². The van der Waals surface area contributed by atoms with Crippen LogP contribution in [0.4, 0.5) is 4.39 Å². The van der Waals surface area contributed by atoms with Crippen LogP contribution in [0.15, 0.2) is 34.0 Å². The molecular weight excluding hydrogens is 491 g/mol. The summed E-state index contributed by atoms with van der Waals surface area (Å²) in [5.41, 5.74) is -0.695. The van der Waals surface area contributed by atoms with Crippen LogP contribution in [-0.4, -0.2) is 81.6 Å². The van der Waals surface area contributed by atoms with Crippen LogP contribution in [-0.2, 0) is 10.0 Å². The molecule has 1 aliphatic rings. The molecule has 194 valence electrons. The SMILES string of the molecule is CCCOc1ccc(S(=O)(=O)N2CCN(C)CC2)cc1-c1nc2c(F)c(OC)cc(OC)c2c(=O)[nH]1. The van der Waals surface area contributed by atoms with Crippen molar-refractivity contribution in [1.82, 2.24) is 19.2 Å². The van der Waals surface area contributed by atoms with Crippen molar-refractivity contribution >= 4 is 20.9 Å². The number of likely N-dealkylation sites (N-methyl/N-ethyl adjacent to an activating group) is 1. The van der Waals surface area contributed by atoms with Gasteiger partial charge in [0.05, 0.1) is 31.3 Å². The van der Waals surface area contributed by atoms with Gasteiger partial charge in [-0.2, -0.15) is 4.31 Å². The van der Waals surface area contributed by atoms with Gasteiger partial charge in [-0.15, -0.1) is 0 Å². The van der Waals surface area contributed by atoms with Crippen LogP contribution in [0.5, 0.6) is 17.2 Å². The second kappa shape index (κ2) is 10.4. The lowest BCUT2D eigenvalue weighted by Crippen LogP contribution is -2.47. The first-order valence-corrected chi connectivity index (χ1v) is 13.0. The number of halogens is 1. The Morgan fingerprint density at radius 1 is 1.06 bits per heavy atom. The lowest BCUT2D eigenvalue weighted by molar-refractivity contribution is 0.222. The van der Waals surface area contributed by atoms with Crippen molar-refractivity contribution in [2.24, 2.45) is 0 Å². The van der Waals surface area contributed by atoms with E-state index in [1.807, 2.05) is 14.0 Å². The number of ether oxygens (including phenoxy) is 3. The topological polar surface area (TPSA) is 114 Å². The average molecular weight is 521 g/mol. The summed E-state index contributed by atoms with van der Waals surface area (Å²) in [5.74, 6) is -0.609. The third kappa shape index (κ3) is 4.75. The number of aromatic amines is 1. The molecule has 1 N–H and O–H groups in total. The summed E-state index contributed by atoms with van der Waals surface area (Å²) in [6.45, 7) is 4.23. The zero-order valence-electron chi connectivity index (χ0n) is 20.6. The number of fused-ring (bicyclic) bond motifs is 1. The van der Waals surface area contributed by atoms with Gasteiger partial charge in [0.25, 0.3) is 5.56 Å². The van der Waals surface area contributed by atoms with E-state index in [0.29, 0.717) is 45.0 Å². The molecule has 0 bridgehead atoms. The number of aromatic nitrogens is 2. The molecule has 36 heavy (non-hydrogen) atoms. The molecule has 0 unspecified atom stereocenters. The molecule has 1 saturated heterocycles. The van der Waals surface area contributed by atoms with Gasteiger partial charge in [0.15, 0.2) is 11.6 Å². The Kier molecular flexibility index (Phi) is 7.48. The Morgan fingerprint density at radius 2 is 1.75 bits per heavy atom. The Labute approximate surface area is 208 Å². The van der Waals surface area contributed by atoms with Gasteiger partial charge in [-0.05, 0) is 31.7 Å². The van der Waals surface area contributed by atoms with E-state index in [2.05, 4.69) is 14.9 Å². The first kappa shape index (κ1) is 25.9. The molecule has 0 amide bonds. The number of sulfonamides is 1. The molecule has 12 heteroatoms. The monoisotopic (exact) mass is 520 g/mol. The molecule has 0 radical (unpaired) electrons. The number of benzene rings is 2. The lowest BCUT2D eigenvalue weighted by atomic mass is 10.1. The first-order chi connectivity index (χ1) is 17.2. The van der Waals surface area contributed by atoms with Crippen molar-refractivity contribution in [3.8, 4) is 28.6 Å². The van der Waals surface area contributed by atoms with E-state index < -0.39 is 21.4 Å². The summed E-state index contributed by atoms with van der Waals surface area (Å²) in [5, 5.41) is -0.0863. The zero-order chi connectivity index (χ0) is 26.0. The zero-order valence-corrected chi connectivity index (χ0v) is 21.4. The predicted molar refractivity (Wildman–Crippen MR) is 133 cm³/mol. The van der Waals surface area contributed by atoms with E-state index in [9.17, 15) is 13.2 Å². The molecule has 0 aliphatic carbocycles. The number of hydrogen-bond donors (Lipinski definition) is 1. The summed E-state index contributed by atoms with van der Waals surface area (Å²) in [4.78, 5) is 22.1. The molecule has 0 spiro atoms. The molecule has 1 aliphatic heterocycles. The van der Waals surface area contributed by atoms with Crippen LogP contribution in [0.25, 0.3) is 22.3 Å². The average Bonchev–Trinajstić information content (AvgIpc) is 2.88. The van der Waals surface area contributed by atoms with Crippen LogP contribution >= 0.6 is 0 Å². The maximum absolute atomic E-state index is 15.2. The smallest absolute Gasteiger partial charge is 0.262 e. The highest BCUT2D eigenvalue weighted by Crippen LogP contribution is 2.35. The first-order valence-electron chi connectivity index (χ1n) is 11.5. The lowest BCUT2D eigenvalue weighted by Gasteiger charge is -2.31. The van der Waals surface area contributed by atoms with Gasteiger partial charge >= 0.3 is 0 Å². The van der Waals surface area contributed by atoms with E-state index in [1.54, 1.807) is 0 Å². The molecule has 0 atom stereocenters. The van der Waals surface area contributed by atoms with E-state index in [0.717, 1.165) is 0 Å². The van der Waals surface area contributed by atoms with Crippen molar-refractivity contribution in [3.63, 3.8) is 0 Å². The van der Waals surface area contributed by atoms with Crippen molar-refractivity contribution in [2.75, 3.05) is 54.1 Å². The molecule has 1 aromatic heterocycles. The Hall–Kier alpha value is -3.22. The minimum absolute atomic E-state index is 0.0253. The molecule has 2 aromatic carbocycles. The van der Waals surface area contributed by atoms with Gasteiger partial charge in [0.1, 0.15) is 28.2 Å². The fourth-order valence-corrected chi connectivity index (χ4v) is 5.49. The molecule has 0 saturated carbocycles. The number of hydrogen-bond acceptors (Lipinski definition) is 8. The maximum Gasteiger partial charge on any atom is 0.262 e. The van der Waals surface area contributed by atoms with Gasteiger partial charge in [-0.25, -0.2) is 17.8 Å². The minimum Gasteiger partial charge on any atom is -0.496 e. The number of H-pyrrole nitrogens is 1. The number of rotatable bonds is 8. The summed E-state index contributed by atoms with van der Waals surface area (Å²) in [6, 6.07) is 5.67. The molecular formula is C24H29FN4O6S. The van der Waals surface area contributed by atoms with Crippen molar-refractivity contribution in [2.45, 2.75) is 18.2 Å². The highest BCUT2D eigenvalue weighted by molar-refractivity contribution is 7.89. The van der Waals surface area contributed by atoms with Gasteiger partial charge in [-0.3, -0.25) is 4.79 Å². The van der Waals surface area contributed by atoms with E-state index >= 15 is 4.39 Å². The highest BCUT2D eigenvalue weighted by Gasteiger charge is 2.29. The van der Waals surface area contributed by atoms with Crippen LogP contribution in [0.2, 0.25) is 0 Å². The third-order valence-electron chi connectivity index (χ3n) is 6.06. The number of nitrogens with zero attached hydrogens (tertiary/aromatic N) is 3. The largest absolute Gasteiger partial charge is 0.496 e. The van der Waals surface area contributed by atoms with Crippen LogP contribution < -0.4 is 19.8 Å². The van der Waals surface area contributed by atoms with Crippen LogP contribution in [0, 0.1) is 5.82 Å². The molecule has 2 heterocycles. The molecule has 10 nitrogen and oxygen atoms in total. The van der Waals surface area contributed by atoms with Gasteiger partial charge in [-0.1, -0.05) is 6.92 Å². The van der Waals surface area contributed by atoms with E-state index in [-0.39, 0.29) is 38.7 Å². The fourth-order valence-electron chi connectivity index (χ4n) is 4.04. The van der Waals surface area contributed by atoms with Crippen molar-refractivity contribution in [1.29, 1.82) is 0 Å². The second-order valence-electron chi connectivity index (χ2n) is 8.45. The number of nitrogens with one attached hydrogen (secondary N) is 1. The molecule has 4 rings (SSSR count). The molecule has 3 aromatic rings. The summed E-state index contributed by atoms with van der Waals surface area (Å²) in [6.07, 6.45) is 0.700. The highest BCUT2D eigenvalue weighted by atomic mass is 32.2. The summed E-state index contributed by atoms with van der Waals surface area (Å²) >= 11 is 0. The van der Waals surface area contributed by atoms with Gasteiger partial charge in [0.2, 0.25) is 10.0 Å². The maximum atomic E-state index is 15.2. The standard InChI is InChI=1S/C24H29FN4O6S/c1-5-12-35-17-7-6-15(36(31,32)29-10-8-28(2)9-11-29)13-16(17)23-26-22-20(24(30)27-23)18(33-3)14-19(34-4)21(22)25/h6-7,13-14H,5,8-12H2,1-4H3,(H,26,27,30). The quantitative estimate of drug-likeness (QED) is 0.482. The minimum atomic E-state index is -3.82.